The predicted octanol–water partition coefficient (Wildman–Crippen LogP) is 1.39. The number of benzene rings is 1. The van der Waals surface area contributed by atoms with E-state index in [-0.39, 0.29) is 11.4 Å². The number of β-amino-alcohol motifs (C(OH)–C–C–N with tert-alkyl or cyclic N) is 1. The zero-order chi connectivity index (χ0) is 13.2. The van der Waals surface area contributed by atoms with Crippen molar-refractivity contribution in [3.63, 3.8) is 0 Å². The molecule has 0 radical (unpaired) electrons. The quantitative estimate of drug-likeness (QED) is 0.842. The molecule has 1 aromatic carbocycles. The summed E-state index contributed by atoms with van der Waals surface area (Å²) in [7, 11) is -3.52. The Kier molecular flexibility index (Phi) is 3.56. The molecule has 0 saturated carbocycles. The van der Waals surface area contributed by atoms with Gasteiger partial charge in [-0.15, -0.1) is 6.58 Å². The zero-order valence-electron chi connectivity index (χ0n) is 10.1. The maximum atomic E-state index is 12.4. The molecule has 1 atom stereocenters. The summed E-state index contributed by atoms with van der Waals surface area (Å²) in [4.78, 5) is 0.262. The first-order valence-electron chi connectivity index (χ1n) is 5.89. The van der Waals surface area contributed by atoms with E-state index in [1.54, 1.807) is 30.3 Å². The average molecular weight is 267 g/mol. The normalized spacial score (nSPS) is 25.8. The number of nitrogens with zero attached hydrogens (tertiary/aromatic N) is 1. The largest absolute Gasteiger partial charge is 0.384 e. The summed E-state index contributed by atoms with van der Waals surface area (Å²) in [6.45, 7) is 4.09. The van der Waals surface area contributed by atoms with Gasteiger partial charge in [-0.2, -0.15) is 4.31 Å². The Labute approximate surface area is 108 Å². The number of piperidine rings is 1. The number of aliphatic hydroxyl groups is 1. The molecule has 0 amide bonds. The van der Waals surface area contributed by atoms with Gasteiger partial charge in [0.05, 0.1) is 10.5 Å². The molecule has 1 aromatic rings. The minimum absolute atomic E-state index is 0.0771. The molecule has 18 heavy (non-hydrogen) atoms. The molecular weight excluding hydrogens is 250 g/mol. The van der Waals surface area contributed by atoms with E-state index >= 15 is 0 Å². The fourth-order valence-corrected chi connectivity index (χ4v) is 3.70. The Morgan fingerprint density at radius 1 is 1.33 bits per heavy atom. The molecule has 1 heterocycles. The smallest absolute Gasteiger partial charge is 0.243 e. The van der Waals surface area contributed by atoms with Gasteiger partial charge in [-0.25, -0.2) is 8.42 Å². The van der Waals surface area contributed by atoms with E-state index in [0.717, 1.165) is 0 Å². The molecule has 1 N–H and O–H groups in total. The van der Waals surface area contributed by atoms with Crippen molar-refractivity contribution in [1.82, 2.24) is 4.31 Å². The first-order chi connectivity index (χ1) is 8.48. The number of hydrogen-bond donors (Lipinski definition) is 1. The zero-order valence-corrected chi connectivity index (χ0v) is 10.9. The van der Waals surface area contributed by atoms with E-state index in [4.69, 9.17) is 0 Å². The summed E-state index contributed by atoms with van der Waals surface area (Å²) in [6, 6.07) is 8.29. The Bertz CT molecular complexity index is 526. The predicted molar refractivity (Wildman–Crippen MR) is 69.6 cm³/mol. The molecule has 98 valence electrons. The summed E-state index contributed by atoms with van der Waals surface area (Å²) < 4.78 is 26.1. The summed E-state index contributed by atoms with van der Waals surface area (Å²) in [5.41, 5.74) is -1.11. The van der Waals surface area contributed by atoms with E-state index in [9.17, 15) is 13.5 Å². The molecule has 0 bridgehead atoms. The maximum Gasteiger partial charge on any atom is 0.243 e. The van der Waals surface area contributed by atoms with Crippen molar-refractivity contribution in [2.75, 3.05) is 13.1 Å². The first kappa shape index (κ1) is 13.3. The number of rotatable bonds is 3. The molecule has 5 heteroatoms. The van der Waals surface area contributed by atoms with Gasteiger partial charge in [0.2, 0.25) is 10.0 Å². The molecule has 1 aliphatic rings. The third-order valence-electron chi connectivity index (χ3n) is 3.23. The van der Waals surface area contributed by atoms with Crippen molar-refractivity contribution in [2.24, 2.45) is 0 Å². The molecular formula is C13H17NO3S. The highest BCUT2D eigenvalue weighted by Gasteiger charge is 2.36. The van der Waals surface area contributed by atoms with Crippen molar-refractivity contribution < 1.29 is 13.5 Å². The third-order valence-corrected chi connectivity index (χ3v) is 5.09. The van der Waals surface area contributed by atoms with Crippen LogP contribution in [0.3, 0.4) is 0 Å². The Hall–Kier alpha value is -1.17. The highest BCUT2D eigenvalue weighted by Crippen LogP contribution is 2.26. The topological polar surface area (TPSA) is 57.6 Å². The van der Waals surface area contributed by atoms with Gasteiger partial charge in [0.15, 0.2) is 0 Å². The Balaban J connectivity index is 2.29. The lowest BCUT2D eigenvalue weighted by molar-refractivity contribution is 0.0363. The molecule has 1 saturated heterocycles. The van der Waals surface area contributed by atoms with Crippen LogP contribution in [0.15, 0.2) is 47.9 Å². The van der Waals surface area contributed by atoms with E-state index in [1.807, 2.05) is 0 Å². The first-order valence-corrected chi connectivity index (χ1v) is 7.33. The van der Waals surface area contributed by atoms with Crippen LogP contribution in [0.4, 0.5) is 0 Å². The standard InChI is InChI=1S/C13H17NO3S/c1-2-13(15)9-6-10-14(11-13)18(16,17)12-7-4-3-5-8-12/h2-5,7-8,15H,1,6,9-11H2. The third kappa shape index (κ3) is 2.48. The SMILES string of the molecule is C=CC1(O)CCCN(S(=O)(=O)c2ccccc2)C1. The van der Waals surface area contributed by atoms with Crippen LogP contribution in [0.1, 0.15) is 12.8 Å². The van der Waals surface area contributed by atoms with Crippen molar-refractivity contribution in [3.8, 4) is 0 Å². The molecule has 1 aliphatic heterocycles. The van der Waals surface area contributed by atoms with Gasteiger partial charge in [0, 0.05) is 13.1 Å². The summed E-state index contributed by atoms with van der Waals surface area (Å²) >= 11 is 0. The van der Waals surface area contributed by atoms with Crippen LogP contribution in [0.5, 0.6) is 0 Å². The summed E-state index contributed by atoms with van der Waals surface area (Å²) in [5, 5.41) is 10.1. The van der Waals surface area contributed by atoms with E-state index in [1.165, 1.54) is 10.4 Å². The van der Waals surface area contributed by atoms with Crippen LogP contribution in [-0.4, -0.2) is 36.5 Å². The second-order valence-corrected chi connectivity index (χ2v) is 6.50. The number of sulfonamides is 1. The monoisotopic (exact) mass is 267 g/mol. The van der Waals surface area contributed by atoms with Crippen LogP contribution in [0.2, 0.25) is 0 Å². The Morgan fingerprint density at radius 3 is 2.61 bits per heavy atom. The average Bonchev–Trinajstić information content (AvgIpc) is 2.40. The summed E-state index contributed by atoms with van der Waals surface area (Å²) in [5.74, 6) is 0. The van der Waals surface area contributed by atoms with Gasteiger partial charge in [-0.3, -0.25) is 0 Å². The van der Waals surface area contributed by atoms with Crippen LogP contribution >= 0.6 is 0 Å². The number of hydrogen-bond acceptors (Lipinski definition) is 3. The van der Waals surface area contributed by atoms with Crippen LogP contribution < -0.4 is 0 Å². The van der Waals surface area contributed by atoms with Crippen molar-refractivity contribution >= 4 is 10.0 Å². The fraction of sp³-hybridized carbons (Fsp3) is 0.385. The van der Waals surface area contributed by atoms with Gasteiger partial charge < -0.3 is 5.11 Å². The minimum atomic E-state index is -3.52. The van der Waals surface area contributed by atoms with Crippen molar-refractivity contribution in [2.45, 2.75) is 23.3 Å². The van der Waals surface area contributed by atoms with E-state index in [0.29, 0.717) is 19.4 Å². The molecule has 4 nitrogen and oxygen atoms in total. The van der Waals surface area contributed by atoms with Gasteiger partial charge in [-0.05, 0) is 25.0 Å². The second kappa shape index (κ2) is 4.84. The highest BCUT2D eigenvalue weighted by atomic mass is 32.2. The van der Waals surface area contributed by atoms with Gasteiger partial charge in [0.1, 0.15) is 0 Å². The lowest BCUT2D eigenvalue weighted by Gasteiger charge is -2.36. The molecule has 0 aromatic heterocycles. The fourth-order valence-electron chi connectivity index (χ4n) is 2.14. The molecule has 1 fully saturated rings. The molecule has 0 aliphatic carbocycles. The van der Waals surface area contributed by atoms with Crippen molar-refractivity contribution in [3.05, 3.63) is 43.0 Å². The molecule has 2 rings (SSSR count). The van der Waals surface area contributed by atoms with Crippen LogP contribution in [0, 0.1) is 0 Å². The van der Waals surface area contributed by atoms with Gasteiger partial charge >= 0.3 is 0 Å². The van der Waals surface area contributed by atoms with Crippen LogP contribution in [0.25, 0.3) is 0 Å². The molecule has 0 spiro atoms. The van der Waals surface area contributed by atoms with Crippen LogP contribution in [-0.2, 0) is 10.0 Å². The highest BCUT2D eigenvalue weighted by molar-refractivity contribution is 7.89. The molecule has 1 unspecified atom stereocenters. The lowest BCUT2D eigenvalue weighted by Crippen LogP contribution is -2.49. The van der Waals surface area contributed by atoms with Gasteiger partial charge in [0.25, 0.3) is 0 Å². The van der Waals surface area contributed by atoms with Crippen molar-refractivity contribution in [1.29, 1.82) is 0 Å². The van der Waals surface area contributed by atoms with Gasteiger partial charge in [-0.1, -0.05) is 24.3 Å². The maximum absolute atomic E-state index is 12.4. The minimum Gasteiger partial charge on any atom is -0.384 e. The summed E-state index contributed by atoms with van der Waals surface area (Å²) in [6.07, 6.45) is 2.62. The lowest BCUT2D eigenvalue weighted by atomic mass is 9.95. The van der Waals surface area contributed by atoms with E-state index < -0.39 is 15.6 Å². The Morgan fingerprint density at radius 2 is 2.00 bits per heavy atom. The van der Waals surface area contributed by atoms with E-state index in [2.05, 4.69) is 6.58 Å². The second-order valence-electron chi connectivity index (χ2n) is 4.56.